The van der Waals surface area contributed by atoms with Crippen LogP contribution in [0.5, 0.6) is 0 Å². The van der Waals surface area contributed by atoms with E-state index in [2.05, 4.69) is 12.0 Å². The Bertz CT molecular complexity index is 771. The summed E-state index contributed by atoms with van der Waals surface area (Å²) in [6.45, 7) is 2.05. The van der Waals surface area contributed by atoms with Gasteiger partial charge in [0.25, 0.3) is 0 Å². The van der Waals surface area contributed by atoms with Crippen molar-refractivity contribution in [2.75, 3.05) is 5.73 Å². The highest BCUT2D eigenvalue weighted by molar-refractivity contribution is 6.30. The van der Waals surface area contributed by atoms with Gasteiger partial charge < -0.3 is 10.2 Å². The van der Waals surface area contributed by atoms with Gasteiger partial charge in [0.1, 0.15) is 17.3 Å². The predicted molar refractivity (Wildman–Crippen MR) is 85.1 cm³/mol. The highest BCUT2D eigenvalue weighted by atomic mass is 35.5. The van der Waals surface area contributed by atoms with Crippen molar-refractivity contribution in [1.82, 2.24) is 9.78 Å². The minimum absolute atomic E-state index is 0.599. The fourth-order valence-electron chi connectivity index (χ4n) is 2.31. The highest BCUT2D eigenvalue weighted by Crippen LogP contribution is 2.37. The third-order valence-electron chi connectivity index (χ3n) is 3.47. The lowest BCUT2D eigenvalue weighted by Crippen LogP contribution is -1.97. The van der Waals surface area contributed by atoms with Crippen LogP contribution in [0.25, 0.3) is 22.6 Å². The molecule has 2 heterocycles. The van der Waals surface area contributed by atoms with Crippen LogP contribution >= 0.6 is 11.6 Å². The predicted octanol–water partition coefficient (Wildman–Crippen LogP) is 4.15. The van der Waals surface area contributed by atoms with E-state index < -0.39 is 0 Å². The van der Waals surface area contributed by atoms with Crippen LogP contribution in [0.4, 0.5) is 5.82 Å². The number of aryl methyl sites for hydroxylation is 2. The first kappa shape index (κ1) is 13.8. The second-order valence-electron chi connectivity index (χ2n) is 4.86. The van der Waals surface area contributed by atoms with Gasteiger partial charge in [-0.05, 0) is 29.8 Å². The minimum atomic E-state index is 0.599. The molecule has 0 atom stereocenters. The van der Waals surface area contributed by atoms with E-state index >= 15 is 0 Å². The summed E-state index contributed by atoms with van der Waals surface area (Å²) in [7, 11) is 1.82. The largest absolute Gasteiger partial charge is 0.459 e. The van der Waals surface area contributed by atoms with Gasteiger partial charge in [0.05, 0.1) is 5.56 Å². The molecule has 4 nitrogen and oxygen atoms in total. The Morgan fingerprint density at radius 2 is 1.90 bits per heavy atom. The van der Waals surface area contributed by atoms with E-state index in [1.54, 1.807) is 4.68 Å². The molecule has 0 radical (unpaired) electrons. The smallest absolute Gasteiger partial charge is 0.155 e. The van der Waals surface area contributed by atoms with Gasteiger partial charge in [-0.2, -0.15) is 5.10 Å². The molecule has 0 saturated carbocycles. The van der Waals surface area contributed by atoms with Crippen molar-refractivity contribution in [3.63, 3.8) is 0 Å². The molecule has 0 spiro atoms. The molecular weight excluding hydrogens is 286 g/mol. The van der Waals surface area contributed by atoms with E-state index in [9.17, 15) is 0 Å². The number of halogens is 1. The number of nitrogens with zero attached hydrogens (tertiary/aromatic N) is 2. The van der Waals surface area contributed by atoms with Crippen LogP contribution in [0.3, 0.4) is 0 Å². The monoisotopic (exact) mass is 301 g/mol. The molecule has 3 aromatic rings. The zero-order valence-corrected chi connectivity index (χ0v) is 12.7. The molecule has 2 N–H and O–H groups in total. The van der Waals surface area contributed by atoms with Crippen molar-refractivity contribution < 1.29 is 4.42 Å². The minimum Gasteiger partial charge on any atom is -0.459 e. The molecule has 0 bridgehead atoms. The summed E-state index contributed by atoms with van der Waals surface area (Å²) >= 11 is 5.95. The van der Waals surface area contributed by atoms with E-state index in [-0.39, 0.29) is 0 Å². The maximum atomic E-state index is 6.18. The fourth-order valence-corrected chi connectivity index (χ4v) is 2.43. The maximum absolute atomic E-state index is 6.18. The van der Waals surface area contributed by atoms with Crippen LogP contribution in [0.1, 0.15) is 12.7 Å². The van der Waals surface area contributed by atoms with Gasteiger partial charge in [0, 0.05) is 18.5 Å². The van der Waals surface area contributed by atoms with Crippen LogP contribution in [-0.4, -0.2) is 9.78 Å². The van der Waals surface area contributed by atoms with Crippen LogP contribution in [-0.2, 0) is 13.5 Å². The van der Waals surface area contributed by atoms with Crippen molar-refractivity contribution in [3.05, 3.63) is 47.2 Å². The second-order valence-corrected chi connectivity index (χ2v) is 5.30. The van der Waals surface area contributed by atoms with Gasteiger partial charge in [-0.15, -0.1) is 0 Å². The number of nitrogens with two attached hydrogens (primary N) is 1. The number of nitrogen functional groups attached to an aromatic ring is 1. The van der Waals surface area contributed by atoms with E-state index in [1.165, 1.54) is 0 Å². The first-order valence-electron chi connectivity index (χ1n) is 6.77. The van der Waals surface area contributed by atoms with Gasteiger partial charge in [-0.3, -0.25) is 4.68 Å². The summed E-state index contributed by atoms with van der Waals surface area (Å²) in [6.07, 6.45) is 0.846. The number of benzene rings is 1. The summed E-state index contributed by atoms with van der Waals surface area (Å²) in [6, 6.07) is 11.4. The molecule has 0 saturated heterocycles. The van der Waals surface area contributed by atoms with Crippen LogP contribution in [0.15, 0.2) is 40.8 Å². The fraction of sp³-hybridized carbons (Fsp3) is 0.188. The standard InChI is InChI=1S/C16H16ClN3O/c1-3-12-8-9-13(21-12)15-14(16(18)20(2)19-15)10-4-6-11(17)7-5-10/h4-9H,3,18H2,1-2H3. The molecule has 3 rings (SSSR count). The van der Waals surface area contributed by atoms with Crippen LogP contribution in [0, 0.1) is 0 Å². The third kappa shape index (κ3) is 2.43. The Hall–Kier alpha value is -2.20. The van der Waals surface area contributed by atoms with Crippen molar-refractivity contribution in [3.8, 4) is 22.6 Å². The normalized spacial score (nSPS) is 11.0. The number of anilines is 1. The molecule has 0 aliphatic heterocycles. The van der Waals surface area contributed by atoms with E-state index in [1.807, 2.05) is 43.4 Å². The molecular formula is C16H16ClN3O. The molecule has 0 unspecified atom stereocenters. The Labute approximate surface area is 128 Å². The van der Waals surface area contributed by atoms with Crippen LogP contribution in [0.2, 0.25) is 5.02 Å². The first-order valence-corrected chi connectivity index (χ1v) is 7.15. The summed E-state index contributed by atoms with van der Waals surface area (Å²) in [5.74, 6) is 2.25. The molecule has 21 heavy (non-hydrogen) atoms. The summed E-state index contributed by atoms with van der Waals surface area (Å²) in [4.78, 5) is 0. The zero-order chi connectivity index (χ0) is 15.0. The SMILES string of the molecule is CCc1ccc(-c2nn(C)c(N)c2-c2ccc(Cl)cc2)o1. The summed E-state index contributed by atoms with van der Waals surface area (Å²) in [5.41, 5.74) is 8.76. The lowest BCUT2D eigenvalue weighted by Gasteiger charge is -2.03. The Balaban J connectivity index is 2.17. The maximum Gasteiger partial charge on any atom is 0.155 e. The summed E-state index contributed by atoms with van der Waals surface area (Å²) < 4.78 is 7.48. The number of hydrogen-bond acceptors (Lipinski definition) is 3. The molecule has 1 aromatic carbocycles. The first-order chi connectivity index (χ1) is 10.1. The zero-order valence-electron chi connectivity index (χ0n) is 11.9. The highest BCUT2D eigenvalue weighted by Gasteiger charge is 2.19. The molecule has 0 amide bonds. The van der Waals surface area contributed by atoms with Crippen molar-refractivity contribution >= 4 is 17.4 Å². The number of furan rings is 1. The summed E-state index contributed by atoms with van der Waals surface area (Å²) in [5, 5.41) is 5.18. The topological polar surface area (TPSA) is 57.0 Å². The lowest BCUT2D eigenvalue weighted by atomic mass is 10.0. The quantitative estimate of drug-likeness (QED) is 0.791. The lowest BCUT2D eigenvalue weighted by molar-refractivity contribution is 0.526. The molecule has 2 aromatic heterocycles. The van der Waals surface area contributed by atoms with Crippen molar-refractivity contribution in [2.24, 2.45) is 7.05 Å². The van der Waals surface area contributed by atoms with Gasteiger partial charge in [-0.1, -0.05) is 30.7 Å². The third-order valence-corrected chi connectivity index (χ3v) is 3.72. The van der Waals surface area contributed by atoms with Gasteiger partial charge in [-0.25, -0.2) is 0 Å². The van der Waals surface area contributed by atoms with E-state index in [4.69, 9.17) is 21.8 Å². The van der Waals surface area contributed by atoms with Gasteiger partial charge >= 0.3 is 0 Å². The molecule has 5 heteroatoms. The van der Waals surface area contributed by atoms with Crippen molar-refractivity contribution in [1.29, 1.82) is 0 Å². The number of hydrogen-bond donors (Lipinski definition) is 1. The Morgan fingerprint density at radius 3 is 2.52 bits per heavy atom. The number of rotatable bonds is 3. The Morgan fingerprint density at radius 1 is 1.19 bits per heavy atom. The van der Waals surface area contributed by atoms with E-state index in [0.29, 0.717) is 10.8 Å². The average molecular weight is 302 g/mol. The second kappa shape index (κ2) is 5.30. The van der Waals surface area contributed by atoms with Gasteiger partial charge in [0.15, 0.2) is 5.76 Å². The van der Waals surface area contributed by atoms with Crippen molar-refractivity contribution in [2.45, 2.75) is 13.3 Å². The molecule has 108 valence electrons. The molecule has 0 fully saturated rings. The molecule has 0 aliphatic rings. The van der Waals surface area contributed by atoms with Crippen LogP contribution < -0.4 is 5.73 Å². The number of aromatic nitrogens is 2. The van der Waals surface area contributed by atoms with E-state index in [0.717, 1.165) is 34.8 Å². The molecule has 0 aliphatic carbocycles. The Kier molecular flexibility index (Phi) is 3.47. The average Bonchev–Trinajstić information content (AvgIpc) is 3.06. The van der Waals surface area contributed by atoms with Gasteiger partial charge in [0.2, 0.25) is 0 Å².